The van der Waals surface area contributed by atoms with Crippen molar-refractivity contribution in [2.45, 2.75) is 327 Å². The predicted molar refractivity (Wildman–Crippen MR) is 444 cm³/mol. The lowest BCUT2D eigenvalue weighted by atomic mass is 9.69. The van der Waals surface area contributed by atoms with Crippen LogP contribution in [0.1, 0.15) is 356 Å². The third kappa shape index (κ3) is 18.0. The van der Waals surface area contributed by atoms with E-state index in [0.29, 0.717) is 11.1 Å². The summed E-state index contributed by atoms with van der Waals surface area (Å²) in [6.07, 6.45) is 53.7. The zero-order valence-corrected chi connectivity index (χ0v) is 65.1. The maximum absolute atomic E-state index is 9.81. The van der Waals surface area contributed by atoms with Crippen molar-refractivity contribution >= 4 is 0 Å². The number of hydrogen-bond acceptors (Lipinski definition) is 2. The summed E-state index contributed by atoms with van der Waals surface area (Å²) in [7, 11) is 0. The fourth-order valence-corrected chi connectivity index (χ4v) is 19.3. The van der Waals surface area contributed by atoms with Crippen LogP contribution in [0.4, 0.5) is 0 Å². The van der Waals surface area contributed by atoms with E-state index >= 15 is 0 Å². The summed E-state index contributed by atoms with van der Waals surface area (Å²) in [6, 6.07) is 67.4. The van der Waals surface area contributed by atoms with Crippen LogP contribution in [0, 0.1) is 22.7 Å². The normalized spacial score (nSPS) is 13.8. The Labute approximate surface area is 626 Å². The molecule has 8 aromatic rings. The molecule has 3 aliphatic carbocycles. The van der Waals surface area contributed by atoms with Crippen LogP contribution in [0.25, 0.3) is 77.9 Å². The molecule has 2 nitrogen and oxygen atoms in total. The number of fused-ring (bicyclic) bond motifs is 9. The number of nitriles is 2. The number of nitrogens with zero attached hydrogens (tertiary/aromatic N) is 2. The summed E-state index contributed by atoms with van der Waals surface area (Å²) in [4.78, 5) is 0. The highest BCUT2D eigenvalue weighted by atomic mass is 14.5. The summed E-state index contributed by atoms with van der Waals surface area (Å²) in [5.41, 5.74) is 29.6. The van der Waals surface area contributed by atoms with E-state index in [1.165, 1.54) is 359 Å². The smallest absolute Gasteiger partial charge is 0.0991 e. The minimum atomic E-state index is -0.103. The Morgan fingerprint density at radius 1 is 0.194 bits per heavy atom. The van der Waals surface area contributed by atoms with Gasteiger partial charge in [-0.2, -0.15) is 10.5 Å². The van der Waals surface area contributed by atoms with E-state index < -0.39 is 0 Å². The SMILES string of the molecule is CCCCCCCCC1(CCCCCCCC)c2cc(-c3ccc(C#N)cc3)ccc2-c2ccc(-c3ccc4c(c3)C(CCCCCCCC)(CCCCCCCC)c3cc(-c5ccc6c(c5)C(CCCCCCCC)(CCCCCCCC)c5cc(-c7ccc(C#N)cc7)ccc5-6)ccc3-4)cc21. The zero-order chi connectivity index (χ0) is 71.7. The van der Waals surface area contributed by atoms with Crippen molar-refractivity contribution in [3.05, 3.63) is 202 Å². The van der Waals surface area contributed by atoms with Gasteiger partial charge in [0.2, 0.25) is 0 Å². The third-order valence-corrected chi connectivity index (χ3v) is 25.2. The molecule has 542 valence electrons. The topological polar surface area (TPSA) is 47.6 Å². The molecular weight excluding hydrogens is 1240 g/mol. The van der Waals surface area contributed by atoms with Crippen molar-refractivity contribution in [1.82, 2.24) is 0 Å². The van der Waals surface area contributed by atoms with Crippen LogP contribution in [0.2, 0.25) is 0 Å². The van der Waals surface area contributed by atoms with Crippen molar-refractivity contribution in [3.8, 4) is 90.0 Å². The molecule has 0 saturated heterocycles. The van der Waals surface area contributed by atoms with E-state index in [4.69, 9.17) is 0 Å². The van der Waals surface area contributed by atoms with Crippen LogP contribution in [0.3, 0.4) is 0 Å². The van der Waals surface area contributed by atoms with Gasteiger partial charge in [0.15, 0.2) is 0 Å². The van der Waals surface area contributed by atoms with E-state index in [-0.39, 0.29) is 16.2 Å². The number of benzene rings is 8. The first kappa shape index (κ1) is 76.9. The van der Waals surface area contributed by atoms with Crippen LogP contribution in [0.5, 0.6) is 0 Å². The van der Waals surface area contributed by atoms with Crippen molar-refractivity contribution in [1.29, 1.82) is 10.5 Å². The zero-order valence-electron chi connectivity index (χ0n) is 65.1. The minimum Gasteiger partial charge on any atom is -0.192 e. The Balaban J connectivity index is 1.03. The van der Waals surface area contributed by atoms with Gasteiger partial charge in [0, 0.05) is 16.2 Å². The molecule has 0 saturated carbocycles. The first-order valence-electron chi connectivity index (χ1n) is 42.6. The molecule has 0 bridgehead atoms. The molecule has 3 aliphatic rings. The first-order chi connectivity index (χ1) is 50.7. The quantitative estimate of drug-likeness (QED) is 0.0357. The second-order valence-electron chi connectivity index (χ2n) is 32.3. The van der Waals surface area contributed by atoms with Crippen LogP contribution in [-0.4, -0.2) is 0 Å². The molecule has 2 heteroatoms. The van der Waals surface area contributed by atoms with Crippen molar-refractivity contribution < 1.29 is 0 Å². The highest BCUT2D eigenvalue weighted by molar-refractivity contribution is 5.91. The van der Waals surface area contributed by atoms with Gasteiger partial charge >= 0.3 is 0 Å². The Morgan fingerprint density at radius 3 is 0.524 bits per heavy atom. The Kier molecular flexibility index (Phi) is 28.8. The second kappa shape index (κ2) is 38.7. The van der Waals surface area contributed by atoms with Crippen molar-refractivity contribution in [2.75, 3.05) is 0 Å². The van der Waals surface area contributed by atoms with Gasteiger partial charge in [0.05, 0.1) is 23.3 Å². The van der Waals surface area contributed by atoms with Gasteiger partial charge < -0.3 is 0 Å². The lowest BCUT2D eigenvalue weighted by molar-refractivity contribution is 0.397. The molecule has 0 unspecified atom stereocenters. The third-order valence-electron chi connectivity index (χ3n) is 25.2. The molecule has 0 amide bonds. The molecule has 0 spiro atoms. The largest absolute Gasteiger partial charge is 0.192 e. The van der Waals surface area contributed by atoms with Gasteiger partial charge in [-0.3, -0.25) is 0 Å². The van der Waals surface area contributed by atoms with E-state index in [2.05, 4.69) is 187 Å². The lowest BCUT2D eigenvalue weighted by Gasteiger charge is -2.34. The Bertz CT molecular complexity index is 3770. The van der Waals surface area contributed by atoms with E-state index in [0.717, 1.165) is 0 Å². The highest BCUT2D eigenvalue weighted by Gasteiger charge is 2.46. The van der Waals surface area contributed by atoms with E-state index in [1.807, 2.05) is 24.3 Å². The van der Waals surface area contributed by atoms with Gasteiger partial charge in [-0.05, 0) is 210 Å². The summed E-state index contributed by atoms with van der Waals surface area (Å²) in [5.74, 6) is 0. The van der Waals surface area contributed by atoms with Crippen LogP contribution < -0.4 is 0 Å². The number of hydrogen-bond donors (Lipinski definition) is 0. The highest BCUT2D eigenvalue weighted by Crippen LogP contribution is 2.60. The fraction of sp³-hybridized carbons (Fsp3) is 0.505. The fourth-order valence-electron chi connectivity index (χ4n) is 19.3. The van der Waals surface area contributed by atoms with Crippen LogP contribution in [0.15, 0.2) is 158 Å². The lowest BCUT2D eigenvalue weighted by Crippen LogP contribution is -2.26. The van der Waals surface area contributed by atoms with Gasteiger partial charge in [-0.25, -0.2) is 0 Å². The molecule has 0 aliphatic heterocycles. The first-order valence-corrected chi connectivity index (χ1v) is 42.6. The predicted octanol–water partition coefficient (Wildman–Crippen LogP) is 31.4. The summed E-state index contributed by atoms with van der Waals surface area (Å²) < 4.78 is 0. The number of rotatable bonds is 46. The molecule has 0 aromatic heterocycles. The van der Waals surface area contributed by atoms with Crippen LogP contribution in [-0.2, 0) is 16.2 Å². The maximum atomic E-state index is 9.81. The van der Waals surface area contributed by atoms with E-state index in [1.54, 1.807) is 22.3 Å². The molecule has 0 N–H and O–H groups in total. The molecule has 0 fully saturated rings. The van der Waals surface area contributed by atoms with Crippen molar-refractivity contribution in [3.63, 3.8) is 0 Å². The van der Waals surface area contributed by atoms with Gasteiger partial charge in [-0.1, -0.05) is 370 Å². The van der Waals surface area contributed by atoms with Gasteiger partial charge in [0.25, 0.3) is 0 Å². The minimum absolute atomic E-state index is 0.0843. The molecule has 11 rings (SSSR count). The summed E-state index contributed by atoms with van der Waals surface area (Å²) in [5, 5.41) is 19.6. The summed E-state index contributed by atoms with van der Waals surface area (Å²) in [6.45, 7) is 14.1. The molecule has 0 heterocycles. The molecule has 8 aromatic carbocycles. The monoisotopic (exact) mass is 1370 g/mol. The molecule has 0 radical (unpaired) electrons. The van der Waals surface area contributed by atoms with E-state index in [9.17, 15) is 10.5 Å². The average Bonchev–Trinajstić information content (AvgIpc) is 1.57. The summed E-state index contributed by atoms with van der Waals surface area (Å²) >= 11 is 0. The van der Waals surface area contributed by atoms with Crippen molar-refractivity contribution in [2.24, 2.45) is 0 Å². The number of unbranched alkanes of at least 4 members (excludes halogenated alkanes) is 30. The Morgan fingerprint density at radius 2 is 0.350 bits per heavy atom. The second-order valence-corrected chi connectivity index (χ2v) is 32.3. The molecule has 103 heavy (non-hydrogen) atoms. The molecule has 0 atom stereocenters. The van der Waals surface area contributed by atoms with Gasteiger partial charge in [-0.15, -0.1) is 0 Å². The maximum Gasteiger partial charge on any atom is 0.0991 e. The van der Waals surface area contributed by atoms with Crippen LogP contribution >= 0.6 is 0 Å². The molecular formula is C101H128N2. The van der Waals surface area contributed by atoms with Gasteiger partial charge in [0.1, 0.15) is 0 Å². The standard InChI is InChI=1S/C101H128N2/c1-7-13-19-25-31-37-63-99(64-38-32-26-20-14-8-2)93-69-81(79-47-43-77(75-102)44-48-79)51-57-87(93)89-59-53-83(71-95(89)99)85-55-61-91-92-62-56-86(74-98(92)101(97(91)73-85,67-41-35-29-23-17-11-5)68-42-36-30-24-18-12-6)84-54-60-90-88-58-52-82(80-49-45-78(76-103)46-50-80)70-94(88)100(96(90)72-84,65-39-33-27-21-15-9-3)66-40-34-28-22-16-10-4/h43-62,69-74H,7-42,63-68H2,1-6H3. The Hall–Kier alpha value is -7.26. The average molecular weight is 1370 g/mol.